The highest BCUT2D eigenvalue weighted by Crippen LogP contribution is 2.18. The Morgan fingerprint density at radius 2 is 1.74 bits per heavy atom. The zero-order valence-corrected chi connectivity index (χ0v) is 11.2. The van der Waals surface area contributed by atoms with E-state index in [1.807, 2.05) is 0 Å². The van der Waals surface area contributed by atoms with E-state index in [0.717, 1.165) is 0 Å². The normalized spacial score (nSPS) is 11.7. The Kier molecular flexibility index (Phi) is 4.74. The lowest BCUT2D eigenvalue weighted by Crippen LogP contribution is -2.41. The summed E-state index contributed by atoms with van der Waals surface area (Å²) in [7, 11) is 3.15. The zero-order chi connectivity index (χ0) is 14.6. The summed E-state index contributed by atoms with van der Waals surface area (Å²) >= 11 is 0. The van der Waals surface area contributed by atoms with E-state index in [1.54, 1.807) is 33.2 Å². The van der Waals surface area contributed by atoms with Crippen molar-refractivity contribution in [3.63, 3.8) is 0 Å². The van der Waals surface area contributed by atoms with Crippen LogP contribution >= 0.6 is 0 Å². The number of nitrogens with zero attached hydrogens (tertiary/aromatic N) is 2. The fourth-order valence-corrected chi connectivity index (χ4v) is 1.61. The van der Waals surface area contributed by atoms with E-state index in [-0.39, 0.29) is 18.3 Å². The molecule has 0 aliphatic carbocycles. The van der Waals surface area contributed by atoms with Gasteiger partial charge in [0, 0.05) is 26.3 Å². The summed E-state index contributed by atoms with van der Waals surface area (Å²) in [6.45, 7) is 1.68. The molecule has 0 bridgehead atoms. The number of aliphatic carboxylic acids is 1. The van der Waals surface area contributed by atoms with Gasteiger partial charge in [-0.1, -0.05) is 6.92 Å². The van der Waals surface area contributed by atoms with Crippen LogP contribution in [0.5, 0.6) is 5.75 Å². The van der Waals surface area contributed by atoms with Crippen molar-refractivity contribution in [3.8, 4) is 5.75 Å². The lowest BCUT2D eigenvalue weighted by Gasteiger charge is -2.26. The van der Waals surface area contributed by atoms with Crippen LogP contribution in [0.2, 0.25) is 0 Å². The lowest BCUT2D eigenvalue weighted by atomic mass is 10.2. The zero-order valence-electron chi connectivity index (χ0n) is 11.2. The number of carbonyl (C=O) groups is 2. The molecule has 0 radical (unpaired) electrons. The third-order valence-electron chi connectivity index (χ3n) is 2.82. The first-order valence-electron chi connectivity index (χ1n) is 5.83. The van der Waals surface area contributed by atoms with Gasteiger partial charge in [0.05, 0.1) is 5.92 Å². The van der Waals surface area contributed by atoms with Gasteiger partial charge in [-0.3, -0.25) is 9.69 Å². The number of amides is 2. The van der Waals surface area contributed by atoms with Crippen LogP contribution < -0.4 is 4.90 Å². The van der Waals surface area contributed by atoms with Crippen molar-refractivity contribution in [2.75, 3.05) is 25.5 Å². The molecule has 0 heterocycles. The van der Waals surface area contributed by atoms with Crippen LogP contribution in [0.25, 0.3) is 0 Å². The maximum Gasteiger partial charge on any atom is 0.323 e. The van der Waals surface area contributed by atoms with Crippen LogP contribution in [0.3, 0.4) is 0 Å². The molecule has 0 aromatic heterocycles. The molecule has 2 amide bonds. The van der Waals surface area contributed by atoms with Gasteiger partial charge in [0.15, 0.2) is 0 Å². The molecule has 0 saturated carbocycles. The molecule has 1 aromatic carbocycles. The van der Waals surface area contributed by atoms with Gasteiger partial charge in [-0.25, -0.2) is 4.79 Å². The largest absolute Gasteiger partial charge is 0.508 e. The molecule has 0 spiro atoms. The fourth-order valence-electron chi connectivity index (χ4n) is 1.61. The van der Waals surface area contributed by atoms with Crippen LogP contribution in [0, 0.1) is 5.92 Å². The molecule has 1 rings (SSSR count). The number of hydrogen-bond donors (Lipinski definition) is 2. The molecule has 0 aliphatic heterocycles. The summed E-state index contributed by atoms with van der Waals surface area (Å²) in [6.07, 6.45) is 0. The summed E-state index contributed by atoms with van der Waals surface area (Å²) in [5.41, 5.74) is 0.623. The molecule has 1 atom stereocenters. The first-order chi connectivity index (χ1) is 8.82. The number of carbonyl (C=O) groups excluding carboxylic acids is 1. The lowest BCUT2D eigenvalue weighted by molar-refractivity contribution is -0.141. The Balaban J connectivity index is 2.71. The average molecular weight is 266 g/mol. The maximum absolute atomic E-state index is 12.1. The third-order valence-corrected chi connectivity index (χ3v) is 2.82. The van der Waals surface area contributed by atoms with Gasteiger partial charge in [-0.05, 0) is 24.3 Å². The molecule has 6 heteroatoms. The summed E-state index contributed by atoms with van der Waals surface area (Å²) in [4.78, 5) is 25.6. The molecular weight excluding hydrogens is 248 g/mol. The van der Waals surface area contributed by atoms with Crippen molar-refractivity contribution in [2.45, 2.75) is 6.92 Å². The van der Waals surface area contributed by atoms with Gasteiger partial charge in [0.25, 0.3) is 0 Å². The van der Waals surface area contributed by atoms with E-state index in [0.29, 0.717) is 5.69 Å². The van der Waals surface area contributed by atoms with E-state index >= 15 is 0 Å². The minimum absolute atomic E-state index is 0.123. The van der Waals surface area contributed by atoms with E-state index in [2.05, 4.69) is 0 Å². The Bertz CT molecular complexity index is 458. The van der Waals surface area contributed by atoms with Gasteiger partial charge in [0.2, 0.25) is 0 Å². The monoisotopic (exact) mass is 266 g/mol. The van der Waals surface area contributed by atoms with Crippen LogP contribution in [0.1, 0.15) is 6.92 Å². The minimum Gasteiger partial charge on any atom is -0.508 e. The van der Waals surface area contributed by atoms with Crippen molar-refractivity contribution in [2.24, 2.45) is 5.92 Å². The summed E-state index contributed by atoms with van der Waals surface area (Å²) in [5.74, 6) is -1.44. The highest BCUT2D eigenvalue weighted by atomic mass is 16.4. The second-order valence-electron chi connectivity index (χ2n) is 4.48. The molecule has 0 saturated heterocycles. The number of carboxylic acids is 1. The Labute approximate surface area is 111 Å². The summed E-state index contributed by atoms with van der Waals surface area (Å²) in [5, 5.41) is 18.0. The third kappa shape index (κ3) is 3.87. The van der Waals surface area contributed by atoms with Gasteiger partial charge in [-0.2, -0.15) is 0 Å². The Morgan fingerprint density at radius 3 is 2.21 bits per heavy atom. The highest BCUT2D eigenvalue weighted by Gasteiger charge is 2.20. The molecule has 2 N–H and O–H groups in total. The number of rotatable bonds is 4. The van der Waals surface area contributed by atoms with Crippen molar-refractivity contribution in [1.29, 1.82) is 0 Å². The molecule has 1 unspecified atom stereocenters. The number of anilines is 1. The van der Waals surface area contributed by atoms with Crippen LogP contribution in [-0.2, 0) is 4.79 Å². The number of benzene rings is 1. The fraction of sp³-hybridized carbons (Fsp3) is 0.385. The SMILES string of the molecule is CC(CN(C)C(=O)N(C)c1ccc(O)cc1)C(=O)O. The smallest absolute Gasteiger partial charge is 0.323 e. The van der Waals surface area contributed by atoms with E-state index in [1.165, 1.54) is 21.9 Å². The average Bonchev–Trinajstić information content (AvgIpc) is 2.37. The van der Waals surface area contributed by atoms with Gasteiger partial charge < -0.3 is 15.1 Å². The minimum atomic E-state index is -0.938. The first kappa shape index (κ1) is 14.8. The van der Waals surface area contributed by atoms with Crippen molar-refractivity contribution >= 4 is 17.7 Å². The second-order valence-corrected chi connectivity index (χ2v) is 4.48. The predicted molar refractivity (Wildman–Crippen MR) is 71.3 cm³/mol. The highest BCUT2D eigenvalue weighted by molar-refractivity contribution is 5.91. The quantitative estimate of drug-likeness (QED) is 0.867. The van der Waals surface area contributed by atoms with E-state index < -0.39 is 11.9 Å². The number of phenolic OH excluding ortho intramolecular Hbond substituents is 1. The molecule has 6 nitrogen and oxygen atoms in total. The topological polar surface area (TPSA) is 81.1 Å². The van der Waals surface area contributed by atoms with Crippen LogP contribution in [0.4, 0.5) is 10.5 Å². The molecule has 104 valence electrons. The standard InChI is InChI=1S/C13H18N2O4/c1-9(12(17)18)8-14(2)13(19)15(3)10-4-6-11(16)7-5-10/h4-7,9,16H,8H2,1-3H3,(H,17,18). The van der Waals surface area contributed by atoms with Crippen molar-refractivity contribution in [1.82, 2.24) is 4.90 Å². The number of carboxylic acid groups (broad SMARTS) is 1. The van der Waals surface area contributed by atoms with Crippen LogP contribution in [0.15, 0.2) is 24.3 Å². The number of aromatic hydroxyl groups is 1. The van der Waals surface area contributed by atoms with Gasteiger partial charge >= 0.3 is 12.0 Å². The predicted octanol–water partition coefficient (Wildman–Crippen LogP) is 1.60. The Morgan fingerprint density at radius 1 is 1.21 bits per heavy atom. The van der Waals surface area contributed by atoms with Crippen LogP contribution in [-0.4, -0.2) is 47.8 Å². The summed E-state index contributed by atoms with van der Waals surface area (Å²) < 4.78 is 0. The van der Waals surface area contributed by atoms with Crippen molar-refractivity contribution < 1.29 is 19.8 Å². The number of phenols is 1. The molecule has 19 heavy (non-hydrogen) atoms. The Hall–Kier alpha value is -2.24. The molecule has 1 aromatic rings. The van der Waals surface area contributed by atoms with E-state index in [4.69, 9.17) is 5.11 Å². The van der Waals surface area contributed by atoms with Gasteiger partial charge in [-0.15, -0.1) is 0 Å². The van der Waals surface area contributed by atoms with Gasteiger partial charge in [0.1, 0.15) is 5.75 Å². The summed E-state index contributed by atoms with van der Waals surface area (Å²) in [6, 6.07) is 5.89. The molecular formula is C13H18N2O4. The number of urea groups is 1. The second kappa shape index (κ2) is 6.08. The van der Waals surface area contributed by atoms with Crippen molar-refractivity contribution in [3.05, 3.63) is 24.3 Å². The molecule has 0 fully saturated rings. The molecule has 0 aliphatic rings. The maximum atomic E-state index is 12.1. The number of hydrogen-bond acceptors (Lipinski definition) is 3. The van der Waals surface area contributed by atoms with E-state index in [9.17, 15) is 14.7 Å². The first-order valence-corrected chi connectivity index (χ1v) is 5.83.